The fraction of sp³-hybridized carbons (Fsp3) is 0.571. The van der Waals surface area contributed by atoms with Gasteiger partial charge in [0.05, 0.1) is 12.3 Å². The van der Waals surface area contributed by atoms with Crippen LogP contribution in [0.15, 0.2) is 34.4 Å². The second-order valence-electron chi connectivity index (χ2n) is 8.19. The monoisotopic (exact) mass is 399 g/mol. The Balaban J connectivity index is 1.24. The zero-order chi connectivity index (χ0) is 20.2. The van der Waals surface area contributed by atoms with Gasteiger partial charge in [0.1, 0.15) is 11.9 Å². The summed E-state index contributed by atoms with van der Waals surface area (Å²) in [7, 11) is 0. The van der Waals surface area contributed by atoms with E-state index in [-0.39, 0.29) is 12.6 Å². The summed E-state index contributed by atoms with van der Waals surface area (Å²) in [4.78, 5) is 25.2. The Hall–Kier alpha value is -2.45. The first kappa shape index (κ1) is 19.8. The van der Waals surface area contributed by atoms with Crippen LogP contribution in [0.25, 0.3) is 0 Å². The molecule has 4 rings (SSSR count). The lowest BCUT2D eigenvalue weighted by molar-refractivity contribution is -0.138. The Morgan fingerprint density at radius 3 is 2.52 bits per heavy atom. The first-order chi connectivity index (χ1) is 14.1. The van der Waals surface area contributed by atoms with E-state index in [2.05, 4.69) is 15.0 Å². The summed E-state index contributed by atoms with van der Waals surface area (Å²) < 4.78 is 0. The van der Waals surface area contributed by atoms with Gasteiger partial charge in [-0.1, -0.05) is 29.4 Å². The van der Waals surface area contributed by atoms with Gasteiger partial charge in [0, 0.05) is 51.3 Å². The maximum atomic E-state index is 10.8. The number of benzene rings is 1. The molecule has 1 aliphatic carbocycles. The quantitative estimate of drug-likeness (QED) is 0.499. The lowest BCUT2D eigenvalue weighted by Crippen LogP contribution is -2.49. The number of carboxylic acids is 1. The first-order valence-electron chi connectivity index (χ1n) is 10.4. The van der Waals surface area contributed by atoms with Crippen molar-refractivity contribution in [1.82, 2.24) is 9.80 Å². The second kappa shape index (κ2) is 8.92. The summed E-state index contributed by atoms with van der Waals surface area (Å²) in [5.41, 5.74) is 9.05. The highest BCUT2D eigenvalue weighted by Crippen LogP contribution is 2.29. The zero-order valence-corrected chi connectivity index (χ0v) is 16.7. The summed E-state index contributed by atoms with van der Waals surface area (Å²) in [6, 6.07) is 8.06. The number of carboxylic acid groups (broad SMARTS) is 1. The van der Waals surface area contributed by atoms with Crippen molar-refractivity contribution in [3.8, 4) is 0 Å². The fourth-order valence-electron chi connectivity index (χ4n) is 3.76. The van der Waals surface area contributed by atoms with Gasteiger partial charge in [0.2, 0.25) is 0 Å². The van der Waals surface area contributed by atoms with Crippen LogP contribution in [-0.2, 0) is 9.63 Å². The van der Waals surface area contributed by atoms with Crippen molar-refractivity contribution < 1.29 is 14.7 Å². The molecule has 2 aliphatic heterocycles. The summed E-state index contributed by atoms with van der Waals surface area (Å²) in [5.74, 6) is 0.570. The van der Waals surface area contributed by atoms with Gasteiger partial charge in [-0.05, 0) is 24.3 Å². The lowest BCUT2D eigenvalue weighted by Gasteiger charge is -2.34. The van der Waals surface area contributed by atoms with Crippen molar-refractivity contribution in [3.05, 3.63) is 35.4 Å². The largest absolute Gasteiger partial charge is 0.480 e. The number of aliphatic carboxylic acids is 1. The predicted octanol–water partition coefficient (Wildman–Crippen LogP) is 0.997. The van der Waals surface area contributed by atoms with Crippen molar-refractivity contribution in [2.24, 2.45) is 21.8 Å². The highest BCUT2D eigenvalue weighted by atomic mass is 16.6. The van der Waals surface area contributed by atoms with E-state index >= 15 is 0 Å². The van der Waals surface area contributed by atoms with Crippen LogP contribution < -0.4 is 5.73 Å². The molecule has 2 heterocycles. The van der Waals surface area contributed by atoms with Crippen LogP contribution in [0.4, 0.5) is 0 Å². The van der Waals surface area contributed by atoms with E-state index in [1.807, 2.05) is 29.2 Å². The average molecular weight is 399 g/mol. The Kier molecular flexibility index (Phi) is 6.10. The number of oxime groups is 1. The van der Waals surface area contributed by atoms with E-state index in [1.54, 1.807) is 0 Å². The third-order valence-electron chi connectivity index (χ3n) is 5.75. The molecule has 2 fully saturated rings. The molecule has 1 atom stereocenters. The third-order valence-corrected chi connectivity index (χ3v) is 5.75. The minimum absolute atomic E-state index is 0.0425. The molecule has 156 valence electrons. The van der Waals surface area contributed by atoms with Gasteiger partial charge in [0.15, 0.2) is 0 Å². The maximum absolute atomic E-state index is 10.8. The Bertz CT molecular complexity index is 780. The van der Waals surface area contributed by atoms with Gasteiger partial charge in [0.25, 0.3) is 0 Å². The van der Waals surface area contributed by atoms with Gasteiger partial charge in [-0.25, -0.2) is 0 Å². The van der Waals surface area contributed by atoms with Gasteiger partial charge in [-0.15, -0.1) is 0 Å². The minimum atomic E-state index is -0.766. The predicted molar refractivity (Wildman–Crippen MR) is 111 cm³/mol. The molecule has 8 heteroatoms. The summed E-state index contributed by atoms with van der Waals surface area (Å²) in [5, 5.41) is 13.2. The van der Waals surface area contributed by atoms with Crippen molar-refractivity contribution in [2.75, 3.05) is 45.8 Å². The van der Waals surface area contributed by atoms with Crippen LogP contribution in [0.1, 0.15) is 30.4 Å². The van der Waals surface area contributed by atoms with Crippen LogP contribution in [0.2, 0.25) is 0 Å². The van der Waals surface area contributed by atoms with Crippen molar-refractivity contribution in [3.63, 3.8) is 0 Å². The number of carbonyl (C=O) groups is 1. The Labute approximate surface area is 171 Å². The van der Waals surface area contributed by atoms with Crippen LogP contribution in [0.5, 0.6) is 0 Å². The number of nitrogens with two attached hydrogens (primary N) is 1. The van der Waals surface area contributed by atoms with Gasteiger partial charge < -0.3 is 15.7 Å². The van der Waals surface area contributed by atoms with Gasteiger partial charge >= 0.3 is 5.97 Å². The molecule has 8 nitrogen and oxygen atoms in total. The van der Waals surface area contributed by atoms with Gasteiger partial charge in [-0.2, -0.15) is 0 Å². The van der Waals surface area contributed by atoms with E-state index in [0.717, 1.165) is 68.4 Å². The molecular weight excluding hydrogens is 370 g/mol. The number of rotatable bonds is 8. The van der Waals surface area contributed by atoms with Crippen LogP contribution in [0, 0.1) is 5.92 Å². The second-order valence-corrected chi connectivity index (χ2v) is 8.19. The third kappa shape index (κ3) is 5.55. The number of amidine groups is 1. The molecule has 1 saturated heterocycles. The van der Waals surface area contributed by atoms with Crippen molar-refractivity contribution >= 4 is 17.5 Å². The molecule has 1 aromatic carbocycles. The molecule has 0 bridgehead atoms. The Morgan fingerprint density at radius 1 is 1.17 bits per heavy atom. The molecule has 0 radical (unpaired) electrons. The molecular formula is C21H29N5O3. The normalized spacial score (nSPS) is 23.7. The highest BCUT2D eigenvalue weighted by molar-refractivity contribution is 6.03. The molecule has 29 heavy (non-hydrogen) atoms. The average Bonchev–Trinajstić information content (AvgIpc) is 3.44. The maximum Gasteiger partial charge on any atom is 0.317 e. The molecule has 0 spiro atoms. The SMILES string of the molecule is NC(=NCC1CC1)c1ccc(C2=NOC(CN3CCN(CC(=O)O)CC3)C2)cc1. The van der Waals surface area contributed by atoms with Crippen molar-refractivity contribution in [1.29, 1.82) is 0 Å². The summed E-state index contributed by atoms with van der Waals surface area (Å²) in [6.07, 6.45) is 3.37. The van der Waals surface area contributed by atoms with Crippen LogP contribution >= 0.6 is 0 Å². The summed E-state index contributed by atoms with van der Waals surface area (Å²) in [6.45, 7) is 5.03. The van der Waals surface area contributed by atoms with Crippen LogP contribution in [0.3, 0.4) is 0 Å². The van der Waals surface area contributed by atoms with E-state index in [9.17, 15) is 4.79 Å². The number of aliphatic imine (C=N–C) groups is 1. The van der Waals surface area contributed by atoms with E-state index in [1.165, 1.54) is 12.8 Å². The molecule has 3 N–H and O–H groups in total. The number of nitrogens with zero attached hydrogens (tertiary/aromatic N) is 4. The van der Waals surface area contributed by atoms with Crippen molar-refractivity contribution in [2.45, 2.75) is 25.4 Å². The van der Waals surface area contributed by atoms with Gasteiger partial charge in [-0.3, -0.25) is 19.6 Å². The molecule has 3 aliphatic rings. The van der Waals surface area contributed by atoms with E-state index in [0.29, 0.717) is 5.84 Å². The zero-order valence-electron chi connectivity index (χ0n) is 16.7. The highest BCUT2D eigenvalue weighted by Gasteiger charge is 2.27. The first-order valence-corrected chi connectivity index (χ1v) is 10.4. The fourth-order valence-corrected chi connectivity index (χ4v) is 3.76. The number of piperazine rings is 1. The molecule has 1 saturated carbocycles. The van der Waals surface area contributed by atoms with Crippen LogP contribution in [-0.4, -0.2) is 84.3 Å². The molecule has 0 amide bonds. The molecule has 1 aromatic rings. The number of hydrogen-bond donors (Lipinski definition) is 2. The minimum Gasteiger partial charge on any atom is -0.480 e. The number of hydrogen-bond acceptors (Lipinski definition) is 6. The smallest absolute Gasteiger partial charge is 0.317 e. The molecule has 0 aromatic heterocycles. The molecule has 1 unspecified atom stereocenters. The van der Waals surface area contributed by atoms with E-state index < -0.39 is 5.97 Å². The lowest BCUT2D eigenvalue weighted by atomic mass is 10.0. The van der Waals surface area contributed by atoms with E-state index in [4.69, 9.17) is 15.7 Å². The Morgan fingerprint density at radius 2 is 1.86 bits per heavy atom. The summed E-state index contributed by atoms with van der Waals surface area (Å²) >= 11 is 0. The standard InChI is InChI=1S/C21H29N5O3/c22-21(23-12-15-1-2-15)17-5-3-16(4-6-17)19-11-18(29-24-19)13-25-7-9-26(10-8-25)14-20(27)28/h3-6,15,18H,1-2,7-14H2,(H2,22,23)(H,27,28). The topological polar surface area (TPSA) is 104 Å².